The highest BCUT2D eigenvalue weighted by Gasteiger charge is 2.32. The molecule has 2 rings (SSSR count). The lowest BCUT2D eigenvalue weighted by molar-refractivity contribution is -0.153. The first-order valence-corrected chi connectivity index (χ1v) is 8.24. The lowest BCUT2D eigenvalue weighted by atomic mass is 10.1. The Morgan fingerprint density at radius 3 is 2.67 bits per heavy atom. The van der Waals surface area contributed by atoms with Gasteiger partial charge in [-0.3, -0.25) is 4.79 Å². The van der Waals surface area contributed by atoms with Crippen LogP contribution in [-0.4, -0.2) is 55.8 Å². The van der Waals surface area contributed by atoms with E-state index < -0.39 is 12.0 Å². The summed E-state index contributed by atoms with van der Waals surface area (Å²) in [4.78, 5) is 38.5. The maximum absolute atomic E-state index is 12.4. The fraction of sp³-hybridized carbons (Fsp3) is 0.438. The van der Waals surface area contributed by atoms with Crippen LogP contribution in [0.5, 0.6) is 0 Å². The van der Waals surface area contributed by atoms with Crippen molar-refractivity contribution in [3.8, 4) is 0 Å². The standard InChI is InChI=1S/C16H18Cl2N2O4/c1-24-16(23)14(5-9-21)20-8-7-19(6-4-15(20)22)11-2-3-12(17)13(18)10-11/h2-3,9-10,14H,4-8H2,1H3/t14-/m0/s1. The number of ether oxygens (including phenoxy) is 1. The molecule has 24 heavy (non-hydrogen) atoms. The van der Waals surface area contributed by atoms with Crippen LogP contribution in [0.2, 0.25) is 10.0 Å². The van der Waals surface area contributed by atoms with Crippen molar-refractivity contribution in [3.63, 3.8) is 0 Å². The zero-order valence-electron chi connectivity index (χ0n) is 13.2. The Bertz CT molecular complexity index is 639. The maximum atomic E-state index is 12.4. The third-order valence-electron chi connectivity index (χ3n) is 3.96. The van der Waals surface area contributed by atoms with Gasteiger partial charge in [-0.25, -0.2) is 4.79 Å². The average Bonchev–Trinajstić information content (AvgIpc) is 2.76. The number of rotatable bonds is 5. The number of aldehydes is 1. The average molecular weight is 373 g/mol. The smallest absolute Gasteiger partial charge is 0.329 e. The number of halogens is 2. The van der Waals surface area contributed by atoms with Gasteiger partial charge in [-0.05, 0) is 18.2 Å². The molecule has 0 saturated carbocycles. The van der Waals surface area contributed by atoms with Crippen molar-refractivity contribution in [1.82, 2.24) is 4.90 Å². The second-order valence-corrected chi connectivity index (χ2v) is 6.18. The van der Waals surface area contributed by atoms with Gasteiger partial charge >= 0.3 is 5.97 Å². The molecular weight excluding hydrogens is 355 g/mol. The third kappa shape index (κ3) is 4.19. The summed E-state index contributed by atoms with van der Waals surface area (Å²) in [7, 11) is 1.24. The fourth-order valence-corrected chi connectivity index (χ4v) is 2.98. The van der Waals surface area contributed by atoms with Gasteiger partial charge in [-0.1, -0.05) is 23.2 Å². The van der Waals surface area contributed by atoms with Crippen LogP contribution in [0, 0.1) is 0 Å². The minimum absolute atomic E-state index is 0.0782. The highest BCUT2D eigenvalue weighted by Crippen LogP contribution is 2.28. The van der Waals surface area contributed by atoms with Crippen LogP contribution in [0.4, 0.5) is 5.69 Å². The van der Waals surface area contributed by atoms with Gasteiger partial charge in [0.25, 0.3) is 0 Å². The minimum Gasteiger partial charge on any atom is -0.467 e. The summed E-state index contributed by atoms with van der Waals surface area (Å²) in [5.74, 6) is -0.770. The van der Waals surface area contributed by atoms with Gasteiger partial charge < -0.3 is 19.3 Å². The number of methoxy groups -OCH3 is 1. The van der Waals surface area contributed by atoms with Gasteiger partial charge in [0.15, 0.2) is 0 Å². The topological polar surface area (TPSA) is 66.9 Å². The zero-order valence-corrected chi connectivity index (χ0v) is 14.7. The number of esters is 1. The summed E-state index contributed by atoms with van der Waals surface area (Å²) >= 11 is 12.0. The molecule has 1 amide bonds. The van der Waals surface area contributed by atoms with Crippen molar-refractivity contribution >= 4 is 47.1 Å². The highest BCUT2D eigenvalue weighted by molar-refractivity contribution is 6.42. The molecule has 8 heteroatoms. The molecule has 1 aromatic rings. The van der Waals surface area contributed by atoms with Crippen LogP contribution >= 0.6 is 23.2 Å². The molecule has 130 valence electrons. The molecule has 6 nitrogen and oxygen atoms in total. The predicted molar refractivity (Wildman–Crippen MR) is 91.5 cm³/mol. The van der Waals surface area contributed by atoms with E-state index in [-0.39, 0.29) is 18.7 Å². The van der Waals surface area contributed by atoms with Crippen LogP contribution < -0.4 is 4.90 Å². The Balaban J connectivity index is 2.17. The zero-order chi connectivity index (χ0) is 17.7. The lowest BCUT2D eigenvalue weighted by Gasteiger charge is -2.28. The number of benzene rings is 1. The molecule has 1 aliphatic rings. The molecule has 0 radical (unpaired) electrons. The van der Waals surface area contributed by atoms with E-state index in [1.54, 1.807) is 12.1 Å². The molecule has 1 fully saturated rings. The number of nitrogens with zero attached hydrogens (tertiary/aromatic N) is 2. The van der Waals surface area contributed by atoms with Crippen molar-refractivity contribution in [2.24, 2.45) is 0 Å². The molecule has 1 heterocycles. The van der Waals surface area contributed by atoms with Crippen molar-refractivity contribution in [1.29, 1.82) is 0 Å². The van der Waals surface area contributed by atoms with E-state index in [0.29, 0.717) is 36.0 Å². The fourth-order valence-electron chi connectivity index (χ4n) is 2.69. The van der Waals surface area contributed by atoms with E-state index >= 15 is 0 Å². The van der Waals surface area contributed by atoms with Crippen molar-refractivity contribution in [3.05, 3.63) is 28.2 Å². The second kappa shape index (κ2) is 8.35. The molecule has 0 unspecified atom stereocenters. The molecule has 1 atom stereocenters. The molecule has 0 bridgehead atoms. The summed E-state index contributed by atoms with van der Waals surface area (Å²) < 4.78 is 4.71. The number of carbonyl (C=O) groups excluding carboxylic acids is 3. The first-order chi connectivity index (χ1) is 11.5. The number of carbonyl (C=O) groups is 3. The Morgan fingerprint density at radius 1 is 1.29 bits per heavy atom. The maximum Gasteiger partial charge on any atom is 0.329 e. The van der Waals surface area contributed by atoms with Crippen molar-refractivity contribution in [2.45, 2.75) is 18.9 Å². The van der Waals surface area contributed by atoms with E-state index in [1.165, 1.54) is 12.0 Å². The van der Waals surface area contributed by atoms with Crippen LogP contribution in [0.1, 0.15) is 12.8 Å². The van der Waals surface area contributed by atoms with Gasteiger partial charge in [0.05, 0.1) is 17.2 Å². The summed E-state index contributed by atoms with van der Waals surface area (Å²) in [5, 5.41) is 0.902. The van der Waals surface area contributed by atoms with Crippen LogP contribution in [0.15, 0.2) is 18.2 Å². The molecule has 0 N–H and O–H groups in total. The van der Waals surface area contributed by atoms with E-state index in [4.69, 9.17) is 27.9 Å². The van der Waals surface area contributed by atoms with E-state index in [0.717, 1.165) is 5.69 Å². The summed E-state index contributed by atoms with van der Waals surface area (Å²) in [5.41, 5.74) is 0.851. The van der Waals surface area contributed by atoms with Crippen molar-refractivity contribution < 1.29 is 19.1 Å². The second-order valence-electron chi connectivity index (χ2n) is 5.36. The monoisotopic (exact) mass is 372 g/mol. The van der Waals surface area contributed by atoms with Gasteiger partial charge in [0.1, 0.15) is 12.3 Å². The Morgan fingerprint density at radius 2 is 2.04 bits per heavy atom. The molecule has 0 aromatic heterocycles. The molecular formula is C16H18Cl2N2O4. The van der Waals surface area contributed by atoms with Crippen LogP contribution in [0.3, 0.4) is 0 Å². The summed E-state index contributed by atoms with van der Waals surface area (Å²) in [6.45, 7) is 1.31. The number of hydrogen-bond donors (Lipinski definition) is 0. The predicted octanol–water partition coefficient (Wildman–Crippen LogP) is 2.16. The normalized spacial score (nSPS) is 16.5. The lowest BCUT2D eigenvalue weighted by Crippen LogP contribution is -2.46. The van der Waals surface area contributed by atoms with E-state index in [1.807, 2.05) is 11.0 Å². The largest absolute Gasteiger partial charge is 0.467 e. The van der Waals surface area contributed by atoms with Crippen molar-refractivity contribution in [2.75, 3.05) is 31.6 Å². The molecule has 0 spiro atoms. The Kier molecular flexibility index (Phi) is 6.45. The van der Waals surface area contributed by atoms with Gasteiger partial charge in [-0.2, -0.15) is 0 Å². The highest BCUT2D eigenvalue weighted by atomic mass is 35.5. The van der Waals surface area contributed by atoms with Crippen LogP contribution in [-0.2, 0) is 19.1 Å². The first-order valence-electron chi connectivity index (χ1n) is 7.49. The first kappa shape index (κ1) is 18.5. The van der Waals surface area contributed by atoms with E-state index in [9.17, 15) is 14.4 Å². The van der Waals surface area contributed by atoms with Gasteiger partial charge in [0.2, 0.25) is 5.91 Å². The Hall–Kier alpha value is -1.79. The number of amides is 1. The molecule has 1 aliphatic heterocycles. The number of hydrogen-bond acceptors (Lipinski definition) is 5. The third-order valence-corrected chi connectivity index (χ3v) is 4.70. The quantitative estimate of drug-likeness (QED) is 0.585. The molecule has 1 saturated heterocycles. The summed E-state index contributed by atoms with van der Waals surface area (Å²) in [6.07, 6.45) is 0.772. The molecule has 1 aromatic carbocycles. The SMILES string of the molecule is COC(=O)[C@H](CC=O)N1CCN(c2ccc(Cl)c(Cl)c2)CCC1=O. The van der Waals surface area contributed by atoms with E-state index in [2.05, 4.69) is 0 Å². The van der Waals surface area contributed by atoms with Crippen LogP contribution in [0.25, 0.3) is 0 Å². The van der Waals surface area contributed by atoms with Gasteiger partial charge in [-0.15, -0.1) is 0 Å². The summed E-state index contributed by atoms with van der Waals surface area (Å²) in [6, 6.07) is 4.40. The molecule has 0 aliphatic carbocycles. The minimum atomic E-state index is -0.881. The van der Waals surface area contributed by atoms with Gasteiger partial charge in [0, 0.05) is 38.2 Å². The number of anilines is 1. The Labute approximate surface area is 150 Å².